The first-order valence-electron chi connectivity index (χ1n) is 30.1. The lowest BCUT2D eigenvalue weighted by Crippen LogP contribution is -2.30. The van der Waals surface area contributed by atoms with E-state index in [1.54, 1.807) is 0 Å². The minimum absolute atomic E-state index is 0.0544. The topological polar surface area (TPSA) is 61.8 Å². The molecule has 0 aliphatic rings. The Hall–Kier alpha value is -2.92. The van der Waals surface area contributed by atoms with Crippen LogP contribution in [0.1, 0.15) is 290 Å². The van der Waals surface area contributed by atoms with E-state index < -0.39 is 6.10 Å². The maximum absolute atomic E-state index is 12.9. The average molecular weight is 976 g/mol. The molecule has 404 valence electrons. The Labute approximate surface area is 435 Å². The molecule has 0 aromatic carbocycles. The fourth-order valence-corrected chi connectivity index (χ4v) is 8.46. The SMILES string of the molecule is CC/C=C\C/C=C\C/C=C\C/C=C\C/C=C\CCCC(=O)OCC(COCCCCCCCCCCCC/C=C\C/C=C\CCCCC)OC(=O)CCCCCCCCCCCCCCCCCCC. The van der Waals surface area contributed by atoms with E-state index in [9.17, 15) is 9.59 Å². The molecule has 0 aliphatic carbocycles. The Bertz CT molecular complexity index is 1290. The van der Waals surface area contributed by atoms with Gasteiger partial charge in [0, 0.05) is 19.4 Å². The fraction of sp³-hybridized carbons (Fsp3) is 0.754. The largest absolute Gasteiger partial charge is 0.462 e. The van der Waals surface area contributed by atoms with Crippen molar-refractivity contribution >= 4 is 11.9 Å². The van der Waals surface area contributed by atoms with Crippen molar-refractivity contribution in [2.45, 2.75) is 297 Å². The molecule has 0 aliphatic heterocycles. The predicted molar refractivity (Wildman–Crippen MR) is 307 cm³/mol. The van der Waals surface area contributed by atoms with Gasteiger partial charge in [0.05, 0.1) is 6.61 Å². The molecule has 0 fully saturated rings. The molecule has 0 bridgehead atoms. The number of ether oxygens (including phenoxy) is 3. The van der Waals surface area contributed by atoms with Crippen molar-refractivity contribution in [3.05, 3.63) is 85.1 Å². The van der Waals surface area contributed by atoms with Crippen LogP contribution in [0.15, 0.2) is 85.1 Å². The van der Waals surface area contributed by atoms with Gasteiger partial charge in [-0.1, -0.05) is 273 Å². The van der Waals surface area contributed by atoms with Gasteiger partial charge < -0.3 is 14.2 Å². The van der Waals surface area contributed by atoms with E-state index in [4.69, 9.17) is 14.2 Å². The molecular weight excluding hydrogens is 861 g/mol. The number of allylic oxidation sites excluding steroid dienone is 14. The highest BCUT2D eigenvalue weighted by Crippen LogP contribution is 2.16. The third kappa shape index (κ3) is 57.7. The lowest BCUT2D eigenvalue weighted by molar-refractivity contribution is -0.163. The van der Waals surface area contributed by atoms with Crippen LogP contribution < -0.4 is 0 Å². The van der Waals surface area contributed by atoms with E-state index in [1.807, 2.05) is 0 Å². The summed E-state index contributed by atoms with van der Waals surface area (Å²) in [4.78, 5) is 25.5. The quantitative estimate of drug-likeness (QED) is 0.0345. The number of rotatable bonds is 55. The highest BCUT2D eigenvalue weighted by molar-refractivity contribution is 5.70. The van der Waals surface area contributed by atoms with Crippen LogP contribution >= 0.6 is 0 Å². The molecule has 0 rings (SSSR count). The molecule has 0 aromatic rings. The molecule has 0 saturated carbocycles. The number of carbonyl (C=O) groups excluding carboxylic acids is 2. The Kier molecular flexibility index (Phi) is 57.9. The molecule has 0 aromatic heterocycles. The number of carbonyl (C=O) groups is 2. The van der Waals surface area contributed by atoms with Gasteiger partial charge in [-0.2, -0.15) is 0 Å². The van der Waals surface area contributed by atoms with Gasteiger partial charge in [0.1, 0.15) is 6.61 Å². The average Bonchev–Trinajstić information content (AvgIpc) is 3.36. The lowest BCUT2D eigenvalue weighted by atomic mass is 10.0. The van der Waals surface area contributed by atoms with Crippen LogP contribution in [0.25, 0.3) is 0 Å². The second-order valence-corrected chi connectivity index (χ2v) is 19.9. The standard InChI is InChI=1S/C65H114O5/c1-4-7-10-13-16-19-22-25-28-31-32-33-36-39-42-45-48-51-54-57-60-68-61-63(70-65(67)59-56-53-50-47-44-41-38-35-30-27-24-21-18-15-12-9-6-3)62-69-64(66)58-55-52-49-46-43-40-37-34-29-26-23-20-17-14-11-8-5-2/h8,11,16-17,19-20,25-26,28-29,37,40,46,49,63H,4-7,9-10,12-15,18,21-24,27,30-36,38-39,41-45,47-48,50-62H2,1-3H3/b11-8-,19-16-,20-17-,28-25-,29-26-,40-37-,49-46-. The first kappa shape index (κ1) is 67.1. The van der Waals surface area contributed by atoms with E-state index in [1.165, 1.54) is 180 Å². The van der Waals surface area contributed by atoms with Gasteiger partial charge in [0.25, 0.3) is 0 Å². The molecule has 0 radical (unpaired) electrons. The van der Waals surface area contributed by atoms with Gasteiger partial charge in [0.2, 0.25) is 0 Å². The monoisotopic (exact) mass is 975 g/mol. The Morgan fingerprint density at radius 1 is 0.329 bits per heavy atom. The zero-order valence-electron chi connectivity index (χ0n) is 46.5. The molecule has 0 spiro atoms. The van der Waals surface area contributed by atoms with Gasteiger partial charge in [-0.05, 0) is 89.9 Å². The van der Waals surface area contributed by atoms with Crippen molar-refractivity contribution in [1.29, 1.82) is 0 Å². The van der Waals surface area contributed by atoms with Crippen LogP contribution in [0.3, 0.4) is 0 Å². The predicted octanol–water partition coefficient (Wildman–Crippen LogP) is 20.8. The molecule has 70 heavy (non-hydrogen) atoms. The second-order valence-electron chi connectivity index (χ2n) is 19.9. The van der Waals surface area contributed by atoms with Crippen molar-refractivity contribution < 1.29 is 23.8 Å². The van der Waals surface area contributed by atoms with E-state index in [2.05, 4.69) is 106 Å². The highest BCUT2D eigenvalue weighted by Gasteiger charge is 2.17. The van der Waals surface area contributed by atoms with Crippen molar-refractivity contribution in [2.24, 2.45) is 0 Å². The van der Waals surface area contributed by atoms with Crippen LogP contribution in [0, 0.1) is 0 Å². The molecule has 0 N–H and O–H groups in total. The number of unbranched alkanes of at least 4 members (excludes halogenated alkanes) is 30. The van der Waals surface area contributed by atoms with Crippen LogP contribution in [0.2, 0.25) is 0 Å². The third-order valence-electron chi connectivity index (χ3n) is 12.9. The highest BCUT2D eigenvalue weighted by atomic mass is 16.6. The van der Waals surface area contributed by atoms with Crippen molar-refractivity contribution in [3.63, 3.8) is 0 Å². The van der Waals surface area contributed by atoms with Gasteiger partial charge >= 0.3 is 11.9 Å². The first-order valence-corrected chi connectivity index (χ1v) is 30.1. The number of hydrogen-bond donors (Lipinski definition) is 0. The lowest BCUT2D eigenvalue weighted by Gasteiger charge is -2.18. The van der Waals surface area contributed by atoms with Crippen LogP contribution in [-0.2, 0) is 23.8 Å². The Morgan fingerprint density at radius 2 is 0.657 bits per heavy atom. The summed E-state index contributed by atoms with van der Waals surface area (Å²) in [5.74, 6) is -0.456. The molecular formula is C65H114O5. The Balaban J connectivity index is 4.34. The van der Waals surface area contributed by atoms with Crippen LogP contribution in [-0.4, -0.2) is 37.9 Å². The van der Waals surface area contributed by atoms with Gasteiger partial charge in [-0.15, -0.1) is 0 Å². The fourth-order valence-electron chi connectivity index (χ4n) is 8.46. The Morgan fingerprint density at radius 3 is 1.10 bits per heavy atom. The number of hydrogen-bond acceptors (Lipinski definition) is 5. The minimum Gasteiger partial charge on any atom is -0.462 e. The van der Waals surface area contributed by atoms with Crippen molar-refractivity contribution in [3.8, 4) is 0 Å². The van der Waals surface area contributed by atoms with E-state index >= 15 is 0 Å². The summed E-state index contributed by atoms with van der Waals surface area (Å²) < 4.78 is 17.5. The molecule has 5 heteroatoms. The summed E-state index contributed by atoms with van der Waals surface area (Å²) in [5, 5.41) is 0. The van der Waals surface area contributed by atoms with Crippen LogP contribution in [0.5, 0.6) is 0 Å². The molecule has 0 heterocycles. The maximum atomic E-state index is 12.9. The van der Waals surface area contributed by atoms with Gasteiger partial charge in [-0.3, -0.25) is 9.59 Å². The summed E-state index contributed by atoms with van der Waals surface area (Å²) in [7, 11) is 0. The zero-order valence-corrected chi connectivity index (χ0v) is 46.5. The minimum atomic E-state index is -0.563. The smallest absolute Gasteiger partial charge is 0.306 e. The zero-order chi connectivity index (χ0) is 50.6. The van der Waals surface area contributed by atoms with E-state index in [-0.39, 0.29) is 25.2 Å². The molecule has 0 amide bonds. The maximum Gasteiger partial charge on any atom is 0.306 e. The van der Waals surface area contributed by atoms with Crippen molar-refractivity contribution in [1.82, 2.24) is 0 Å². The van der Waals surface area contributed by atoms with Gasteiger partial charge in [0.15, 0.2) is 6.10 Å². The summed E-state index contributed by atoms with van der Waals surface area (Å²) >= 11 is 0. The molecule has 1 unspecified atom stereocenters. The van der Waals surface area contributed by atoms with E-state index in [0.717, 1.165) is 77.0 Å². The van der Waals surface area contributed by atoms with Crippen LogP contribution in [0.4, 0.5) is 0 Å². The third-order valence-corrected chi connectivity index (χ3v) is 12.9. The summed E-state index contributed by atoms with van der Waals surface area (Å²) in [6, 6.07) is 0. The second kappa shape index (κ2) is 60.4. The summed E-state index contributed by atoms with van der Waals surface area (Å²) in [5.41, 5.74) is 0. The normalized spacial score (nSPS) is 12.8. The van der Waals surface area contributed by atoms with Crippen molar-refractivity contribution in [2.75, 3.05) is 19.8 Å². The molecule has 0 saturated heterocycles. The number of esters is 2. The molecule has 1 atom stereocenters. The van der Waals surface area contributed by atoms with Gasteiger partial charge in [-0.25, -0.2) is 0 Å². The van der Waals surface area contributed by atoms with E-state index in [0.29, 0.717) is 19.4 Å². The molecule has 5 nitrogen and oxygen atoms in total. The first-order chi connectivity index (χ1) is 34.6. The summed E-state index contributed by atoms with van der Waals surface area (Å²) in [6.07, 6.45) is 80.5. The summed E-state index contributed by atoms with van der Waals surface area (Å²) in [6.45, 7) is 7.66.